The first-order chi connectivity index (χ1) is 11.2. The van der Waals surface area contributed by atoms with Crippen molar-refractivity contribution in [2.45, 2.75) is 26.1 Å². The molecule has 0 saturated heterocycles. The van der Waals surface area contributed by atoms with Crippen LogP contribution in [0.3, 0.4) is 0 Å². The van der Waals surface area contributed by atoms with Gasteiger partial charge in [-0.15, -0.1) is 11.3 Å². The van der Waals surface area contributed by atoms with Crippen LogP contribution in [0, 0.1) is 10.1 Å². The van der Waals surface area contributed by atoms with Crippen LogP contribution in [0.5, 0.6) is 5.75 Å². The van der Waals surface area contributed by atoms with E-state index in [4.69, 9.17) is 9.47 Å². The van der Waals surface area contributed by atoms with E-state index in [9.17, 15) is 10.1 Å². The second kappa shape index (κ2) is 5.92. The number of nitro benzene ring substituents is 1. The Kier molecular flexibility index (Phi) is 3.76. The van der Waals surface area contributed by atoms with Crippen molar-refractivity contribution in [3.8, 4) is 5.75 Å². The smallest absolute Gasteiger partial charge is 0.270 e. The van der Waals surface area contributed by atoms with Gasteiger partial charge < -0.3 is 9.47 Å². The average molecular weight is 332 g/mol. The quantitative estimate of drug-likeness (QED) is 0.638. The largest absolute Gasteiger partial charge is 0.467 e. The highest BCUT2D eigenvalue weighted by atomic mass is 32.1. The van der Waals surface area contributed by atoms with Crippen molar-refractivity contribution in [3.63, 3.8) is 0 Å². The highest BCUT2D eigenvalue weighted by Gasteiger charge is 2.24. The molecule has 2 aliphatic rings. The standard InChI is InChI=1S/C16H16N2O4S/c19-18(20)14-5-12(16-13(6-14)9-21-10-22-16)8-17-3-1-15-11(7-17)2-4-23-15/h2,4-6H,1,3,7-10H2. The number of thiophene rings is 1. The molecule has 2 aliphatic heterocycles. The molecular weight excluding hydrogens is 316 g/mol. The van der Waals surface area contributed by atoms with Crippen LogP contribution in [-0.4, -0.2) is 23.2 Å². The number of rotatable bonds is 3. The van der Waals surface area contributed by atoms with Gasteiger partial charge in [-0.25, -0.2) is 0 Å². The van der Waals surface area contributed by atoms with Gasteiger partial charge in [-0.05, 0) is 23.4 Å². The van der Waals surface area contributed by atoms with E-state index in [0.29, 0.717) is 13.2 Å². The van der Waals surface area contributed by atoms with Gasteiger partial charge in [0.05, 0.1) is 11.5 Å². The van der Waals surface area contributed by atoms with Gasteiger partial charge in [0.1, 0.15) is 5.75 Å². The Morgan fingerprint density at radius 3 is 3.13 bits per heavy atom. The Labute approximate surface area is 137 Å². The zero-order valence-electron chi connectivity index (χ0n) is 12.5. The van der Waals surface area contributed by atoms with E-state index < -0.39 is 0 Å². The summed E-state index contributed by atoms with van der Waals surface area (Å²) in [4.78, 5) is 14.6. The Morgan fingerprint density at radius 2 is 2.26 bits per heavy atom. The van der Waals surface area contributed by atoms with Crippen molar-refractivity contribution in [1.29, 1.82) is 0 Å². The number of fused-ring (bicyclic) bond motifs is 2. The van der Waals surface area contributed by atoms with Crippen molar-refractivity contribution < 1.29 is 14.4 Å². The van der Waals surface area contributed by atoms with Gasteiger partial charge in [0, 0.05) is 47.8 Å². The highest BCUT2D eigenvalue weighted by Crippen LogP contribution is 2.34. The van der Waals surface area contributed by atoms with E-state index >= 15 is 0 Å². The Morgan fingerprint density at radius 1 is 1.35 bits per heavy atom. The second-order valence-corrected chi connectivity index (χ2v) is 6.79. The molecule has 6 nitrogen and oxygen atoms in total. The number of benzene rings is 1. The molecular formula is C16H16N2O4S. The first-order valence-electron chi connectivity index (χ1n) is 7.49. The van der Waals surface area contributed by atoms with E-state index in [1.807, 2.05) is 0 Å². The lowest BCUT2D eigenvalue weighted by Crippen LogP contribution is -2.29. The molecule has 7 heteroatoms. The van der Waals surface area contributed by atoms with E-state index in [0.717, 1.165) is 36.4 Å². The molecule has 0 bridgehead atoms. The van der Waals surface area contributed by atoms with Crippen LogP contribution >= 0.6 is 11.3 Å². The molecule has 0 aliphatic carbocycles. The van der Waals surface area contributed by atoms with Crippen LogP contribution in [-0.2, 0) is 30.9 Å². The average Bonchev–Trinajstić information content (AvgIpc) is 3.02. The second-order valence-electron chi connectivity index (χ2n) is 5.79. The number of hydrogen-bond donors (Lipinski definition) is 0. The highest BCUT2D eigenvalue weighted by molar-refractivity contribution is 7.10. The van der Waals surface area contributed by atoms with Crippen LogP contribution in [0.4, 0.5) is 5.69 Å². The molecule has 0 atom stereocenters. The van der Waals surface area contributed by atoms with Gasteiger partial charge in [0.25, 0.3) is 5.69 Å². The molecule has 4 rings (SSSR count). The molecule has 0 saturated carbocycles. The maximum absolute atomic E-state index is 11.2. The molecule has 2 aromatic rings. The van der Waals surface area contributed by atoms with E-state index in [2.05, 4.69) is 16.3 Å². The van der Waals surface area contributed by atoms with Crippen LogP contribution < -0.4 is 4.74 Å². The zero-order chi connectivity index (χ0) is 15.8. The van der Waals surface area contributed by atoms with Crippen molar-refractivity contribution in [1.82, 2.24) is 4.90 Å². The first-order valence-corrected chi connectivity index (χ1v) is 8.37. The van der Waals surface area contributed by atoms with Crippen molar-refractivity contribution in [2.24, 2.45) is 0 Å². The van der Waals surface area contributed by atoms with Crippen molar-refractivity contribution >= 4 is 17.0 Å². The summed E-state index contributed by atoms with van der Waals surface area (Å²) in [5.74, 6) is 0.748. The van der Waals surface area contributed by atoms with Crippen LogP contribution in [0.1, 0.15) is 21.6 Å². The van der Waals surface area contributed by atoms with Crippen LogP contribution in [0.2, 0.25) is 0 Å². The fourth-order valence-electron chi connectivity index (χ4n) is 3.19. The van der Waals surface area contributed by atoms with Crippen molar-refractivity contribution in [2.75, 3.05) is 13.3 Å². The minimum atomic E-state index is -0.356. The summed E-state index contributed by atoms with van der Waals surface area (Å²) in [5.41, 5.74) is 3.09. The summed E-state index contributed by atoms with van der Waals surface area (Å²) < 4.78 is 10.9. The van der Waals surface area contributed by atoms with E-state index in [-0.39, 0.29) is 17.4 Å². The van der Waals surface area contributed by atoms with E-state index in [1.165, 1.54) is 10.4 Å². The SMILES string of the molecule is O=[N+]([O-])c1cc2c(c(CN3CCc4sccc4C3)c1)OCOC2. The lowest BCUT2D eigenvalue weighted by Gasteiger charge is -2.28. The maximum Gasteiger partial charge on any atom is 0.270 e. The minimum Gasteiger partial charge on any atom is -0.467 e. The summed E-state index contributed by atoms with van der Waals surface area (Å²) in [6, 6.07) is 5.35. The number of nitrogens with zero attached hydrogens (tertiary/aromatic N) is 2. The molecule has 0 fully saturated rings. The number of hydrogen-bond acceptors (Lipinski definition) is 6. The van der Waals surface area contributed by atoms with Gasteiger partial charge in [-0.3, -0.25) is 15.0 Å². The summed E-state index contributed by atoms with van der Waals surface area (Å²) >= 11 is 1.81. The Bertz CT molecular complexity index is 759. The molecule has 0 unspecified atom stereocenters. The molecule has 0 radical (unpaired) electrons. The van der Waals surface area contributed by atoms with Crippen LogP contribution in [0.25, 0.3) is 0 Å². The molecule has 3 heterocycles. The maximum atomic E-state index is 11.2. The Hall–Kier alpha value is -1.96. The van der Waals surface area contributed by atoms with Gasteiger partial charge in [0.15, 0.2) is 6.79 Å². The summed E-state index contributed by atoms with van der Waals surface area (Å²) in [5, 5.41) is 13.3. The molecule has 1 aromatic heterocycles. The molecule has 0 spiro atoms. The van der Waals surface area contributed by atoms with Gasteiger partial charge in [-0.2, -0.15) is 0 Å². The topological polar surface area (TPSA) is 64.8 Å². The first kappa shape index (κ1) is 14.6. The van der Waals surface area contributed by atoms with Crippen molar-refractivity contribution in [3.05, 3.63) is 55.3 Å². The third-order valence-corrected chi connectivity index (χ3v) is 5.29. The number of non-ortho nitro benzene ring substituents is 1. The third-order valence-electron chi connectivity index (χ3n) is 4.26. The van der Waals surface area contributed by atoms with E-state index in [1.54, 1.807) is 23.5 Å². The Balaban J connectivity index is 1.63. The predicted octanol–water partition coefficient (Wildman–Crippen LogP) is 3.08. The zero-order valence-corrected chi connectivity index (χ0v) is 13.3. The lowest BCUT2D eigenvalue weighted by molar-refractivity contribution is -0.385. The number of nitro groups is 1. The summed E-state index contributed by atoms with van der Waals surface area (Å²) in [6.45, 7) is 3.05. The lowest BCUT2D eigenvalue weighted by atomic mass is 10.0. The molecule has 0 amide bonds. The number of ether oxygens (including phenoxy) is 2. The van der Waals surface area contributed by atoms with Gasteiger partial charge in [-0.1, -0.05) is 0 Å². The molecule has 1 aromatic carbocycles. The fourth-order valence-corrected chi connectivity index (χ4v) is 4.08. The fraction of sp³-hybridized carbons (Fsp3) is 0.375. The summed E-state index contributed by atoms with van der Waals surface area (Å²) in [6.07, 6.45) is 1.04. The summed E-state index contributed by atoms with van der Waals surface area (Å²) in [7, 11) is 0. The van der Waals surface area contributed by atoms with Crippen LogP contribution in [0.15, 0.2) is 23.6 Å². The van der Waals surface area contributed by atoms with Gasteiger partial charge in [0.2, 0.25) is 0 Å². The predicted molar refractivity (Wildman–Crippen MR) is 85.5 cm³/mol. The minimum absolute atomic E-state index is 0.0982. The molecule has 23 heavy (non-hydrogen) atoms. The monoisotopic (exact) mass is 332 g/mol. The molecule has 0 N–H and O–H groups in total. The third kappa shape index (κ3) is 2.83. The van der Waals surface area contributed by atoms with Gasteiger partial charge >= 0.3 is 0 Å². The molecule has 120 valence electrons. The normalized spacial score (nSPS) is 17.2.